The zero-order valence-electron chi connectivity index (χ0n) is 18.4. The van der Waals surface area contributed by atoms with Gasteiger partial charge in [0.25, 0.3) is 0 Å². The molecule has 1 unspecified atom stereocenters. The third kappa shape index (κ3) is 8.99. The molecule has 170 valence electrons. The predicted molar refractivity (Wildman–Crippen MR) is 124 cm³/mol. The Morgan fingerprint density at radius 2 is 1.16 bits per heavy atom. The van der Waals surface area contributed by atoms with Gasteiger partial charge in [-0.25, -0.2) is 0 Å². The van der Waals surface area contributed by atoms with Crippen molar-refractivity contribution in [3.63, 3.8) is 0 Å². The standard InChI is InChI=1S/C24H30N4O4/c1-17(2)20(24(32)26-16-23(31)28-19-11-7-4-8-12-19)13-14-21(29)25-15-22(30)27-18-9-5-3-6-10-18/h3-12,17,20H,13-16H2,1-2H3,(H,25,29)(H,26,32)(H,27,30)(H,28,31). The Bertz CT molecular complexity index is 901. The van der Waals surface area contributed by atoms with Gasteiger partial charge in [-0.15, -0.1) is 0 Å². The largest absolute Gasteiger partial charge is 0.347 e. The summed E-state index contributed by atoms with van der Waals surface area (Å²) < 4.78 is 0. The van der Waals surface area contributed by atoms with Crippen molar-refractivity contribution < 1.29 is 19.2 Å². The first-order valence-corrected chi connectivity index (χ1v) is 10.6. The summed E-state index contributed by atoms with van der Waals surface area (Å²) in [4.78, 5) is 48.6. The van der Waals surface area contributed by atoms with Gasteiger partial charge >= 0.3 is 0 Å². The van der Waals surface area contributed by atoms with E-state index in [2.05, 4.69) is 21.3 Å². The molecule has 4 N–H and O–H groups in total. The van der Waals surface area contributed by atoms with Crippen LogP contribution in [0.1, 0.15) is 26.7 Å². The fraction of sp³-hybridized carbons (Fsp3) is 0.333. The summed E-state index contributed by atoms with van der Waals surface area (Å²) in [6, 6.07) is 17.9. The lowest BCUT2D eigenvalue weighted by Crippen LogP contribution is -2.39. The van der Waals surface area contributed by atoms with Crippen molar-refractivity contribution >= 4 is 35.0 Å². The fourth-order valence-electron chi connectivity index (χ4n) is 3.07. The van der Waals surface area contributed by atoms with E-state index in [4.69, 9.17) is 0 Å². The molecular formula is C24H30N4O4. The van der Waals surface area contributed by atoms with Crippen LogP contribution in [0.15, 0.2) is 60.7 Å². The van der Waals surface area contributed by atoms with E-state index < -0.39 is 5.92 Å². The van der Waals surface area contributed by atoms with Crippen molar-refractivity contribution in [2.45, 2.75) is 26.7 Å². The molecule has 0 saturated heterocycles. The number of nitrogens with one attached hydrogen (secondary N) is 4. The van der Waals surface area contributed by atoms with Gasteiger partial charge in [0.15, 0.2) is 0 Å². The van der Waals surface area contributed by atoms with E-state index in [0.29, 0.717) is 17.8 Å². The van der Waals surface area contributed by atoms with Crippen LogP contribution >= 0.6 is 0 Å². The molecule has 2 rings (SSSR count). The summed E-state index contributed by atoms with van der Waals surface area (Å²) in [5, 5.41) is 10.6. The highest BCUT2D eigenvalue weighted by Gasteiger charge is 2.23. The van der Waals surface area contributed by atoms with Gasteiger partial charge in [0.2, 0.25) is 23.6 Å². The number of para-hydroxylation sites is 2. The van der Waals surface area contributed by atoms with Gasteiger partial charge in [-0.1, -0.05) is 50.2 Å². The summed E-state index contributed by atoms with van der Waals surface area (Å²) in [5.74, 6) is -1.68. The maximum atomic E-state index is 12.5. The average Bonchev–Trinajstić information content (AvgIpc) is 2.77. The van der Waals surface area contributed by atoms with E-state index >= 15 is 0 Å². The minimum Gasteiger partial charge on any atom is -0.347 e. The third-order valence-corrected chi connectivity index (χ3v) is 4.81. The molecule has 0 radical (unpaired) electrons. The molecule has 0 spiro atoms. The number of rotatable bonds is 11. The zero-order chi connectivity index (χ0) is 23.3. The Kier molecular flexibility index (Phi) is 9.90. The lowest BCUT2D eigenvalue weighted by Gasteiger charge is -2.20. The molecule has 0 fully saturated rings. The summed E-state index contributed by atoms with van der Waals surface area (Å²) in [5.41, 5.74) is 1.31. The number of carbonyl (C=O) groups excluding carboxylic acids is 4. The number of hydrogen-bond donors (Lipinski definition) is 4. The van der Waals surface area contributed by atoms with Gasteiger partial charge in [-0.2, -0.15) is 0 Å². The highest BCUT2D eigenvalue weighted by Crippen LogP contribution is 2.17. The second-order valence-electron chi connectivity index (χ2n) is 7.71. The topological polar surface area (TPSA) is 116 Å². The first kappa shape index (κ1) is 24.6. The van der Waals surface area contributed by atoms with Crippen molar-refractivity contribution in [1.82, 2.24) is 10.6 Å². The molecule has 8 heteroatoms. The molecule has 0 aliphatic heterocycles. The Labute approximate surface area is 188 Å². The fourth-order valence-corrected chi connectivity index (χ4v) is 3.07. The van der Waals surface area contributed by atoms with Crippen LogP contribution in [0.2, 0.25) is 0 Å². The SMILES string of the molecule is CC(C)C(CCC(=O)NCC(=O)Nc1ccccc1)C(=O)NCC(=O)Nc1ccccc1. The van der Waals surface area contributed by atoms with Crippen LogP contribution in [-0.4, -0.2) is 36.7 Å². The normalized spacial score (nSPS) is 11.3. The van der Waals surface area contributed by atoms with Gasteiger partial charge in [0.1, 0.15) is 0 Å². The van der Waals surface area contributed by atoms with Crippen molar-refractivity contribution in [2.24, 2.45) is 11.8 Å². The molecule has 8 nitrogen and oxygen atoms in total. The van der Waals surface area contributed by atoms with E-state index in [1.807, 2.05) is 26.0 Å². The number of anilines is 2. The average molecular weight is 439 g/mol. The van der Waals surface area contributed by atoms with E-state index in [1.54, 1.807) is 48.5 Å². The molecule has 0 heterocycles. The predicted octanol–water partition coefficient (Wildman–Crippen LogP) is 2.55. The van der Waals surface area contributed by atoms with Crippen LogP contribution in [-0.2, 0) is 19.2 Å². The molecule has 0 saturated carbocycles. The van der Waals surface area contributed by atoms with Crippen LogP contribution in [0.5, 0.6) is 0 Å². The summed E-state index contributed by atoms with van der Waals surface area (Å²) >= 11 is 0. The molecule has 32 heavy (non-hydrogen) atoms. The molecule has 2 aromatic carbocycles. The molecule has 0 aliphatic carbocycles. The van der Waals surface area contributed by atoms with Crippen LogP contribution in [0, 0.1) is 11.8 Å². The number of amides is 4. The first-order chi connectivity index (χ1) is 15.3. The molecule has 0 aliphatic rings. The highest BCUT2D eigenvalue weighted by atomic mass is 16.2. The highest BCUT2D eigenvalue weighted by molar-refractivity contribution is 5.95. The molecule has 2 aromatic rings. The smallest absolute Gasteiger partial charge is 0.243 e. The second kappa shape index (κ2) is 12.9. The third-order valence-electron chi connectivity index (χ3n) is 4.81. The molecule has 0 aromatic heterocycles. The van der Waals surface area contributed by atoms with Crippen LogP contribution in [0.4, 0.5) is 11.4 Å². The van der Waals surface area contributed by atoms with E-state index in [1.165, 1.54) is 0 Å². The maximum Gasteiger partial charge on any atom is 0.243 e. The minimum absolute atomic E-state index is 0.0126. The zero-order valence-corrected chi connectivity index (χ0v) is 18.4. The van der Waals surface area contributed by atoms with Crippen LogP contribution in [0.25, 0.3) is 0 Å². The lowest BCUT2D eigenvalue weighted by atomic mass is 9.90. The van der Waals surface area contributed by atoms with Crippen LogP contribution < -0.4 is 21.3 Å². The van der Waals surface area contributed by atoms with E-state index in [9.17, 15) is 19.2 Å². The van der Waals surface area contributed by atoms with Crippen molar-refractivity contribution in [3.8, 4) is 0 Å². The molecule has 4 amide bonds. The van der Waals surface area contributed by atoms with Gasteiger partial charge in [0, 0.05) is 23.7 Å². The Morgan fingerprint density at radius 3 is 1.62 bits per heavy atom. The van der Waals surface area contributed by atoms with Crippen molar-refractivity contribution in [3.05, 3.63) is 60.7 Å². The van der Waals surface area contributed by atoms with E-state index in [0.717, 1.165) is 0 Å². The van der Waals surface area contributed by atoms with Crippen LogP contribution in [0.3, 0.4) is 0 Å². The first-order valence-electron chi connectivity index (χ1n) is 10.6. The molecule has 1 atom stereocenters. The minimum atomic E-state index is -0.427. The van der Waals surface area contributed by atoms with Gasteiger partial charge in [0.05, 0.1) is 13.1 Å². The second-order valence-corrected chi connectivity index (χ2v) is 7.71. The van der Waals surface area contributed by atoms with Gasteiger partial charge in [-0.3, -0.25) is 19.2 Å². The van der Waals surface area contributed by atoms with Crippen molar-refractivity contribution in [1.29, 1.82) is 0 Å². The number of hydrogen-bond acceptors (Lipinski definition) is 4. The monoisotopic (exact) mass is 438 g/mol. The van der Waals surface area contributed by atoms with E-state index in [-0.39, 0.29) is 49.1 Å². The molecule has 0 bridgehead atoms. The maximum absolute atomic E-state index is 12.5. The van der Waals surface area contributed by atoms with Crippen molar-refractivity contribution in [2.75, 3.05) is 23.7 Å². The number of benzene rings is 2. The van der Waals surface area contributed by atoms with Gasteiger partial charge in [-0.05, 0) is 36.6 Å². The lowest BCUT2D eigenvalue weighted by molar-refractivity contribution is -0.129. The summed E-state index contributed by atoms with van der Waals surface area (Å²) in [6.07, 6.45) is 0.418. The quantitative estimate of drug-likeness (QED) is 0.431. The number of carbonyl (C=O) groups is 4. The van der Waals surface area contributed by atoms with Gasteiger partial charge < -0.3 is 21.3 Å². The summed E-state index contributed by atoms with van der Waals surface area (Å²) in [7, 11) is 0. The Balaban J connectivity index is 1.72. The molecular weight excluding hydrogens is 408 g/mol. The Morgan fingerprint density at radius 1 is 0.688 bits per heavy atom. The Hall–Kier alpha value is -3.68. The summed E-state index contributed by atoms with van der Waals surface area (Å²) in [6.45, 7) is 3.48.